The molecule has 0 aliphatic heterocycles. The first-order valence-electron chi connectivity index (χ1n) is 8.97. The van der Waals surface area contributed by atoms with Gasteiger partial charge in [0.2, 0.25) is 5.91 Å². The van der Waals surface area contributed by atoms with Crippen molar-refractivity contribution in [2.75, 3.05) is 6.54 Å². The Morgan fingerprint density at radius 2 is 1.93 bits per heavy atom. The van der Waals surface area contributed by atoms with Gasteiger partial charge in [0.1, 0.15) is 6.04 Å². The number of carbonyl (C=O) groups excluding carboxylic acids is 2. The van der Waals surface area contributed by atoms with E-state index in [1.165, 1.54) is 6.20 Å². The number of pyridine rings is 1. The fraction of sp³-hybridized carbons (Fsp3) is 0.421. The van der Waals surface area contributed by atoms with Gasteiger partial charge in [0, 0.05) is 11.9 Å². The predicted octanol–water partition coefficient (Wildman–Crippen LogP) is 1.23. The second kappa shape index (κ2) is 9.12. The van der Waals surface area contributed by atoms with Crippen LogP contribution >= 0.6 is 0 Å². The Labute approximate surface area is 163 Å². The number of aliphatic carboxylic acids is 1. The molecule has 0 unspecified atom stereocenters. The van der Waals surface area contributed by atoms with Crippen LogP contribution in [0.25, 0.3) is 5.82 Å². The fourth-order valence-corrected chi connectivity index (χ4v) is 2.71. The summed E-state index contributed by atoms with van der Waals surface area (Å²) in [6.07, 6.45) is 1.71. The average Bonchev–Trinajstić information content (AvgIpc) is 2.97. The number of aromatic nitrogens is 3. The van der Waals surface area contributed by atoms with Gasteiger partial charge in [0.25, 0.3) is 5.91 Å². The lowest BCUT2D eigenvalue weighted by molar-refractivity contribution is -0.142. The van der Waals surface area contributed by atoms with Crippen LogP contribution in [0.3, 0.4) is 0 Å². The molecule has 0 saturated heterocycles. The van der Waals surface area contributed by atoms with Crippen LogP contribution in [0.5, 0.6) is 0 Å². The Bertz CT molecular complexity index is 858. The summed E-state index contributed by atoms with van der Waals surface area (Å²) in [7, 11) is 0. The van der Waals surface area contributed by atoms with Gasteiger partial charge in [-0.15, -0.1) is 0 Å². The number of hydrogen-bond acceptors (Lipinski definition) is 5. The van der Waals surface area contributed by atoms with Crippen molar-refractivity contribution in [3.63, 3.8) is 0 Å². The zero-order valence-corrected chi connectivity index (χ0v) is 16.4. The number of aryl methyl sites for hydroxylation is 2. The van der Waals surface area contributed by atoms with Crippen LogP contribution in [-0.2, 0) is 9.59 Å². The van der Waals surface area contributed by atoms with Gasteiger partial charge in [-0.1, -0.05) is 13.8 Å². The Kier molecular flexibility index (Phi) is 6.86. The third-order valence-electron chi connectivity index (χ3n) is 3.99. The van der Waals surface area contributed by atoms with Crippen molar-refractivity contribution < 1.29 is 19.5 Å². The van der Waals surface area contributed by atoms with Gasteiger partial charge < -0.3 is 15.7 Å². The van der Waals surface area contributed by atoms with E-state index in [1.807, 2.05) is 33.8 Å². The van der Waals surface area contributed by atoms with Crippen LogP contribution in [0.2, 0.25) is 0 Å². The zero-order valence-electron chi connectivity index (χ0n) is 16.4. The van der Waals surface area contributed by atoms with Crippen molar-refractivity contribution in [3.05, 3.63) is 41.3 Å². The van der Waals surface area contributed by atoms with Crippen LogP contribution in [0, 0.1) is 19.8 Å². The van der Waals surface area contributed by atoms with Gasteiger partial charge in [0.05, 0.1) is 17.8 Å². The number of carbonyl (C=O) groups is 3. The molecule has 9 nitrogen and oxygen atoms in total. The molecule has 2 aromatic rings. The Morgan fingerprint density at radius 1 is 1.21 bits per heavy atom. The molecule has 0 aromatic carbocycles. The lowest BCUT2D eigenvalue weighted by atomic mass is 10.0. The van der Waals surface area contributed by atoms with E-state index in [0.717, 1.165) is 11.4 Å². The SMILES string of the molecule is Cc1cc(C)n(-c2ccc(C(=O)NCC(=O)N[C@@H](CC(C)C)C(=O)O)cn2)n1. The summed E-state index contributed by atoms with van der Waals surface area (Å²) < 4.78 is 1.67. The number of hydrogen-bond donors (Lipinski definition) is 3. The monoisotopic (exact) mass is 387 g/mol. The first-order valence-corrected chi connectivity index (χ1v) is 8.97. The molecule has 1 atom stereocenters. The molecule has 9 heteroatoms. The van der Waals surface area contributed by atoms with Crippen molar-refractivity contribution in [1.82, 2.24) is 25.4 Å². The van der Waals surface area contributed by atoms with E-state index < -0.39 is 23.8 Å². The first kappa shape index (κ1) is 21.1. The average molecular weight is 387 g/mol. The highest BCUT2D eigenvalue weighted by Crippen LogP contribution is 2.10. The van der Waals surface area contributed by atoms with Crippen LogP contribution in [0.1, 0.15) is 42.0 Å². The highest BCUT2D eigenvalue weighted by Gasteiger charge is 2.21. The predicted molar refractivity (Wildman–Crippen MR) is 102 cm³/mol. The highest BCUT2D eigenvalue weighted by molar-refractivity contribution is 5.96. The second-order valence-electron chi connectivity index (χ2n) is 7.01. The van der Waals surface area contributed by atoms with Crippen LogP contribution < -0.4 is 10.6 Å². The standard InChI is InChI=1S/C19H25N5O4/c1-11(2)7-15(19(27)28)22-17(25)10-21-18(26)14-5-6-16(20-9-14)24-13(4)8-12(3)23-24/h5-6,8-9,11,15H,7,10H2,1-4H3,(H,21,26)(H,22,25)(H,27,28)/t15-/m0/s1. The lowest BCUT2D eigenvalue weighted by Gasteiger charge is -2.16. The highest BCUT2D eigenvalue weighted by atomic mass is 16.4. The quantitative estimate of drug-likeness (QED) is 0.625. The minimum absolute atomic E-state index is 0.114. The number of nitrogens with one attached hydrogen (secondary N) is 2. The molecular weight excluding hydrogens is 362 g/mol. The zero-order chi connectivity index (χ0) is 20.8. The molecule has 2 heterocycles. The summed E-state index contributed by atoms with van der Waals surface area (Å²) >= 11 is 0. The topological polar surface area (TPSA) is 126 Å². The van der Waals surface area contributed by atoms with Crippen molar-refractivity contribution in [1.29, 1.82) is 0 Å². The van der Waals surface area contributed by atoms with Gasteiger partial charge >= 0.3 is 5.97 Å². The summed E-state index contributed by atoms with van der Waals surface area (Å²) in [6, 6.07) is 4.19. The van der Waals surface area contributed by atoms with Crippen LogP contribution in [0.4, 0.5) is 0 Å². The van der Waals surface area contributed by atoms with Crippen molar-refractivity contribution in [3.8, 4) is 5.82 Å². The van der Waals surface area contributed by atoms with Gasteiger partial charge in [-0.05, 0) is 44.4 Å². The van der Waals surface area contributed by atoms with Crippen molar-refractivity contribution in [2.24, 2.45) is 5.92 Å². The molecule has 0 radical (unpaired) electrons. The number of rotatable bonds is 8. The lowest BCUT2D eigenvalue weighted by Crippen LogP contribution is -2.46. The van der Waals surface area contributed by atoms with E-state index in [2.05, 4.69) is 20.7 Å². The van der Waals surface area contributed by atoms with E-state index in [9.17, 15) is 14.4 Å². The number of carboxylic acid groups (broad SMARTS) is 1. The number of amides is 2. The normalized spacial score (nSPS) is 11.9. The Morgan fingerprint density at radius 3 is 2.43 bits per heavy atom. The second-order valence-corrected chi connectivity index (χ2v) is 7.01. The van der Waals surface area contributed by atoms with Crippen molar-refractivity contribution >= 4 is 17.8 Å². The maximum Gasteiger partial charge on any atom is 0.326 e. The summed E-state index contributed by atoms with van der Waals surface area (Å²) in [4.78, 5) is 39.6. The fourth-order valence-electron chi connectivity index (χ4n) is 2.71. The molecule has 28 heavy (non-hydrogen) atoms. The molecule has 2 aromatic heterocycles. The summed E-state index contributed by atoms with van der Waals surface area (Å²) in [5.74, 6) is -1.44. The summed E-state index contributed by atoms with van der Waals surface area (Å²) in [5.41, 5.74) is 2.08. The van der Waals surface area contributed by atoms with Gasteiger partial charge in [-0.3, -0.25) is 9.59 Å². The Balaban J connectivity index is 1.93. The number of carboxylic acids is 1. The van der Waals surface area contributed by atoms with Gasteiger partial charge in [-0.2, -0.15) is 5.10 Å². The molecule has 0 fully saturated rings. The van der Waals surface area contributed by atoms with E-state index >= 15 is 0 Å². The molecule has 3 N–H and O–H groups in total. The maximum absolute atomic E-state index is 12.2. The molecule has 150 valence electrons. The summed E-state index contributed by atoms with van der Waals surface area (Å²) in [6.45, 7) is 7.20. The number of nitrogens with zero attached hydrogens (tertiary/aromatic N) is 3. The van der Waals surface area contributed by atoms with E-state index in [1.54, 1.807) is 16.8 Å². The van der Waals surface area contributed by atoms with E-state index in [0.29, 0.717) is 12.2 Å². The van der Waals surface area contributed by atoms with E-state index in [4.69, 9.17) is 5.11 Å². The maximum atomic E-state index is 12.2. The smallest absolute Gasteiger partial charge is 0.326 e. The first-order chi connectivity index (χ1) is 13.2. The molecule has 0 saturated carbocycles. The molecule has 0 spiro atoms. The molecule has 2 rings (SSSR count). The van der Waals surface area contributed by atoms with E-state index in [-0.39, 0.29) is 18.0 Å². The third kappa shape index (κ3) is 5.63. The molecule has 2 amide bonds. The molecular formula is C19H25N5O4. The third-order valence-corrected chi connectivity index (χ3v) is 3.99. The van der Waals surface area contributed by atoms with Crippen LogP contribution in [0.15, 0.2) is 24.4 Å². The van der Waals surface area contributed by atoms with Crippen molar-refractivity contribution in [2.45, 2.75) is 40.2 Å². The van der Waals surface area contributed by atoms with Gasteiger partial charge in [-0.25, -0.2) is 14.5 Å². The Hall–Kier alpha value is -3.23. The molecule has 0 bridgehead atoms. The van der Waals surface area contributed by atoms with Gasteiger partial charge in [0.15, 0.2) is 5.82 Å². The molecule has 0 aliphatic rings. The summed E-state index contributed by atoms with van der Waals surface area (Å²) in [5, 5.41) is 18.4. The minimum atomic E-state index is -1.10. The largest absolute Gasteiger partial charge is 0.480 e. The minimum Gasteiger partial charge on any atom is -0.480 e. The molecule has 0 aliphatic carbocycles. The van der Waals surface area contributed by atoms with Crippen LogP contribution in [-0.4, -0.2) is 50.2 Å².